The highest BCUT2D eigenvalue weighted by atomic mass is 16.5. The lowest BCUT2D eigenvalue weighted by molar-refractivity contribution is -0.142. The van der Waals surface area contributed by atoms with E-state index in [0.717, 1.165) is 27.5 Å². The van der Waals surface area contributed by atoms with Gasteiger partial charge >= 0.3 is 5.97 Å². The Bertz CT molecular complexity index is 1270. The number of aryl methyl sites for hydroxylation is 1. The number of fused-ring (bicyclic) bond motifs is 2. The molecule has 8 nitrogen and oxygen atoms in total. The molecule has 0 aliphatic carbocycles. The molecule has 31 heavy (non-hydrogen) atoms. The third kappa shape index (κ3) is 3.88. The lowest BCUT2D eigenvalue weighted by atomic mass is 10.0. The Morgan fingerprint density at radius 3 is 2.77 bits per heavy atom. The first-order valence-corrected chi connectivity index (χ1v) is 10.2. The van der Waals surface area contributed by atoms with Crippen molar-refractivity contribution >= 4 is 33.8 Å². The van der Waals surface area contributed by atoms with E-state index in [9.17, 15) is 9.59 Å². The van der Waals surface area contributed by atoms with Crippen LogP contribution in [0.2, 0.25) is 0 Å². The van der Waals surface area contributed by atoms with Crippen molar-refractivity contribution < 1.29 is 14.3 Å². The normalized spacial score (nSPS) is 12.4. The predicted octanol–water partition coefficient (Wildman–Crippen LogP) is 3.32. The topological polar surface area (TPSA) is 102 Å². The molecule has 0 bridgehead atoms. The first kappa shape index (κ1) is 20.6. The number of benzene rings is 1. The Kier molecular flexibility index (Phi) is 5.46. The Labute approximate surface area is 179 Å². The summed E-state index contributed by atoms with van der Waals surface area (Å²) in [7, 11) is 1.32. The van der Waals surface area contributed by atoms with Crippen LogP contribution in [0, 0.1) is 6.92 Å². The van der Waals surface area contributed by atoms with Gasteiger partial charge in [-0.3, -0.25) is 4.79 Å². The Balaban J connectivity index is 1.62. The highest BCUT2D eigenvalue weighted by Gasteiger charge is 2.25. The van der Waals surface area contributed by atoms with Crippen molar-refractivity contribution in [2.24, 2.45) is 0 Å². The number of pyridine rings is 1. The molecule has 2 N–H and O–H groups in total. The van der Waals surface area contributed by atoms with E-state index in [1.165, 1.54) is 7.11 Å². The highest BCUT2D eigenvalue weighted by Crippen LogP contribution is 2.21. The molecule has 0 saturated carbocycles. The number of H-pyrrole nitrogens is 1. The zero-order valence-corrected chi connectivity index (χ0v) is 18.0. The number of esters is 1. The number of nitrogens with one attached hydrogen (secondary N) is 2. The average Bonchev–Trinajstić information content (AvgIpc) is 3.36. The largest absolute Gasteiger partial charge is 0.467 e. The minimum absolute atomic E-state index is 0.156. The van der Waals surface area contributed by atoms with Crippen LogP contribution < -0.4 is 5.32 Å². The molecular weight excluding hydrogens is 394 g/mol. The van der Waals surface area contributed by atoms with Crippen molar-refractivity contribution in [3.05, 3.63) is 59.5 Å². The van der Waals surface area contributed by atoms with Crippen LogP contribution in [0.3, 0.4) is 0 Å². The third-order valence-electron chi connectivity index (χ3n) is 5.38. The number of aromatic amines is 1. The molecule has 0 unspecified atom stereocenters. The van der Waals surface area contributed by atoms with Crippen molar-refractivity contribution in [3.63, 3.8) is 0 Å². The van der Waals surface area contributed by atoms with Crippen molar-refractivity contribution in [1.82, 2.24) is 25.1 Å². The van der Waals surface area contributed by atoms with Gasteiger partial charge in [-0.05, 0) is 38.5 Å². The van der Waals surface area contributed by atoms with Gasteiger partial charge in [0.1, 0.15) is 6.04 Å². The van der Waals surface area contributed by atoms with E-state index in [2.05, 4.69) is 20.4 Å². The van der Waals surface area contributed by atoms with E-state index < -0.39 is 12.0 Å². The second-order valence-electron chi connectivity index (χ2n) is 7.83. The number of rotatable bonds is 6. The molecule has 3 aromatic heterocycles. The van der Waals surface area contributed by atoms with Gasteiger partial charge in [0.05, 0.1) is 24.6 Å². The van der Waals surface area contributed by atoms with Gasteiger partial charge in [0.25, 0.3) is 5.91 Å². The second-order valence-corrected chi connectivity index (χ2v) is 7.83. The number of carbonyl (C=O) groups excluding carboxylic acids is 2. The van der Waals surface area contributed by atoms with Crippen molar-refractivity contribution in [1.29, 1.82) is 0 Å². The fraction of sp³-hybridized carbons (Fsp3) is 0.304. The molecule has 1 amide bonds. The molecule has 0 saturated heterocycles. The van der Waals surface area contributed by atoms with Crippen LogP contribution in [-0.2, 0) is 16.0 Å². The van der Waals surface area contributed by atoms with Gasteiger partial charge < -0.3 is 15.0 Å². The number of amides is 1. The molecule has 3 heterocycles. The molecule has 4 aromatic rings. The molecular formula is C23H25N5O3. The van der Waals surface area contributed by atoms with Crippen LogP contribution in [0.5, 0.6) is 0 Å². The fourth-order valence-electron chi connectivity index (χ4n) is 3.77. The van der Waals surface area contributed by atoms with Crippen LogP contribution in [0.4, 0.5) is 0 Å². The Morgan fingerprint density at radius 2 is 2.03 bits per heavy atom. The van der Waals surface area contributed by atoms with Crippen LogP contribution in [0.1, 0.15) is 41.5 Å². The number of hydrogen-bond acceptors (Lipinski definition) is 5. The Morgan fingerprint density at radius 1 is 1.26 bits per heavy atom. The van der Waals surface area contributed by atoms with Gasteiger partial charge in [-0.25, -0.2) is 14.5 Å². The maximum Gasteiger partial charge on any atom is 0.328 e. The van der Waals surface area contributed by atoms with Crippen LogP contribution in [-0.4, -0.2) is 44.8 Å². The molecule has 0 aliphatic rings. The standard InChI is InChI=1S/C23H25N5O3/c1-13(2)28-21-16(12-25-28)9-18(14(3)26-21)22(29)27-20(23(30)31-4)10-15-11-24-19-8-6-5-7-17(15)19/h5-9,11-13,20,24H,10H2,1-4H3,(H,27,29)/t20-/m1/s1. The molecule has 1 atom stereocenters. The number of hydrogen-bond donors (Lipinski definition) is 2. The summed E-state index contributed by atoms with van der Waals surface area (Å²) in [5.41, 5.74) is 3.61. The van der Waals surface area contributed by atoms with Gasteiger partial charge in [0, 0.05) is 34.9 Å². The Hall–Kier alpha value is -3.68. The summed E-state index contributed by atoms with van der Waals surface area (Å²) >= 11 is 0. The van der Waals surface area contributed by atoms with E-state index in [-0.39, 0.29) is 11.9 Å². The van der Waals surface area contributed by atoms with Gasteiger partial charge in [-0.2, -0.15) is 5.10 Å². The molecule has 0 spiro atoms. The molecule has 160 valence electrons. The molecule has 0 aliphatic heterocycles. The first-order chi connectivity index (χ1) is 14.9. The van der Waals surface area contributed by atoms with Crippen LogP contribution in [0.25, 0.3) is 21.9 Å². The monoisotopic (exact) mass is 419 g/mol. The van der Waals surface area contributed by atoms with E-state index in [0.29, 0.717) is 17.7 Å². The lowest BCUT2D eigenvalue weighted by Crippen LogP contribution is -2.43. The molecule has 4 rings (SSSR count). The third-order valence-corrected chi connectivity index (χ3v) is 5.38. The zero-order chi connectivity index (χ0) is 22.1. The summed E-state index contributed by atoms with van der Waals surface area (Å²) in [5.74, 6) is -0.877. The minimum atomic E-state index is -0.829. The number of nitrogens with zero attached hydrogens (tertiary/aromatic N) is 3. The van der Waals surface area contributed by atoms with Gasteiger partial charge in [-0.1, -0.05) is 18.2 Å². The fourth-order valence-corrected chi connectivity index (χ4v) is 3.77. The summed E-state index contributed by atoms with van der Waals surface area (Å²) in [6, 6.07) is 8.91. The number of methoxy groups -OCH3 is 1. The summed E-state index contributed by atoms with van der Waals surface area (Å²) in [4.78, 5) is 33.3. The van der Waals surface area contributed by atoms with Gasteiger partial charge in [-0.15, -0.1) is 0 Å². The first-order valence-electron chi connectivity index (χ1n) is 10.2. The lowest BCUT2D eigenvalue weighted by Gasteiger charge is -2.17. The summed E-state index contributed by atoms with van der Waals surface area (Å²) in [5, 5.41) is 8.97. The SMILES string of the molecule is COC(=O)[C@@H](Cc1c[nH]c2ccccc12)NC(=O)c1cc2cnn(C(C)C)c2nc1C. The smallest absolute Gasteiger partial charge is 0.328 e. The number of carbonyl (C=O) groups is 2. The maximum absolute atomic E-state index is 13.1. The number of aromatic nitrogens is 4. The molecule has 1 aromatic carbocycles. The van der Waals surface area contributed by atoms with Crippen molar-refractivity contribution in [2.45, 2.75) is 39.3 Å². The number of para-hydroxylation sites is 1. The van der Waals surface area contributed by atoms with Crippen molar-refractivity contribution in [3.8, 4) is 0 Å². The molecule has 0 radical (unpaired) electrons. The van der Waals surface area contributed by atoms with Crippen LogP contribution in [0.15, 0.2) is 42.7 Å². The molecule has 8 heteroatoms. The van der Waals surface area contributed by atoms with Crippen LogP contribution >= 0.6 is 0 Å². The predicted molar refractivity (Wildman–Crippen MR) is 118 cm³/mol. The van der Waals surface area contributed by atoms with Crippen molar-refractivity contribution in [2.75, 3.05) is 7.11 Å². The molecule has 0 fully saturated rings. The van der Waals surface area contributed by atoms with Gasteiger partial charge in [0.15, 0.2) is 5.65 Å². The summed E-state index contributed by atoms with van der Waals surface area (Å²) in [6.07, 6.45) is 3.86. The quantitative estimate of drug-likeness (QED) is 0.467. The van der Waals surface area contributed by atoms with E-state index in [1.54, 1.807) is 19.2 Å². The van der Waals surface area contributed by atoms with Gasteiger partial charge in [0.2, 0.25) is 0 Å². The highest BCUT2D eigenvalue weighted by molar-refractivity contribution is 6.00. The summed E-state index contributed by atoms with van der Waals surface area (Å²) in [6.45, 7) is 5.82. The number of ether oxygens (including phenoxy) is 1. The van der Waals surface area contributed by atoms with E-state index in [4.69, 9.17) is 4.74 Å². The van der Waals surface area contributed by atoms with E-state index >= 15 is 0 Å². The zero-order valence-electron chi connectivity index (χ0n) is 18.0. The summed E-state index contributed by atoms with van der Waals surface area (Å²) < 4.78 is 6.77. The van der Waals surface area contributed by atoms with E-state index in [1.807, 2.05) is 49.0 Å². The average molecular weight is 419 g/mol. The second kappa shape index (κ2) is 8.22. The maximum atomic E-state index is 13.1. The minimum Gasteiger partial charge on any atom is -0.467 e.